The molecular weight excluding hydrogens is 452 g/mol. The average Bonchev–Trinajstić information content (AvgIpc) is 3.17. The van der Waals surface area contributed by atoms with Crippen LogP contribution in [0, 0.1) is 0 Å². The van der Waals surface area contributed by atoms with E-state index in [-0.39, 0.29) is 17.9 Å². The number of rotatable bonds is 7. The third kappa shape index (κ3) is 5.24. The van der Waals surface area contributed by atoms with Gasteiger partial charge in [0.25, 0.3) is 11.8 Å². The number of nitrogens with two attached hydrogens (primary N) is 2. The summed E-state index contributed by atoms with van der Waals surface area (Å²) in [5.41, 5.74) is 14.4. The molecule has 3 aromatic rings. The number of carbonyl (C=O) groups excluding carboxylic acids is 2. The molecule has 5 rings (SSSR count). The lowest BCUT2D eigenvalue weighted by Crippen LogP contribution is -2.50. The molecule has 6 N–H and O–H groups in total. The first-order valence-corrected chi connectivity index (χ1v) is 12.5. The summed E-state index contributed by atoms with van der Waals surface area (Å²) in [7, 11) is 0. The Morgan fingerprint density at radius 2 is 1.56 bits per heavy atom. The van der Waals surface area contributed by atoms with Crippen LogP contribution in [0.2, 0.25) is 0 Å². The molecule has 0 spiro atoms. The van der Waals surface area contributed by atoms with Crippen molar-refractivity contribution in [2.45, 2.75) is 56.5 Å². The number of fused-ring (bicyclic) bond motifs is 2. The van der Waals surface area contributed by atoms with Crippen molar-refractivity contribution in [1.82, 2.24) is 15.6 Å². The Morgan fingerprint density at radius 1 is 0.889 bits per heavy atom. The molecule has 3 heterocycles. The number of anilines is 1. The molecule has 2 bridgehead atoms. The van der Waals surface area contributed by atoms with Gasteiger partial charge >= 0.3 is 0 Å². The van der Waals surface area contributed by atoms with Gasteiger partial charge in [-0.1, -0.05) is 42.5 Å². The van der Waals surface area contributed by atoms with E-state index in [1.165, 1.54) is 0 Å². The average molecular weight is 485 g/mol. The van der Waals surface area contributed by atoms with E-state index >= 15 is 0 Å². The Morgan fingerprint density at radius 3 is 2.17 bits per heavy atom. The SMILES string of the molecule is NC(N)c1ccc(C(=O)N[C@H]2C[C@H]3CC[C@@H](C2)N3c2ccc(C(=O)NCc3ccccc3)cn2)cc1. The van der Waals surface area contributed by atoms with E-state index in [1.807, 2.05) is 42.5 Å². The van der Waals surface area contributed by atoms with Gasteiger partial charge in [-0.15, -0.1) is 0 Å². The van der Waals surface area contributed by atoms with Crippen molar-refractivity contribution in [3.8, 4) is 0 Å². The number of hydrogen-bond acceptors (Lipinski definition) is 6. The topological polar surface area (TPSA) is 126 Å². The molecule has 2 fully saturated rings. The number of nitrogens with one attached hydrogen (secondary N) is 2. The second-order valence-corrected chi connectivity index (χ2v) is 9.66. The highest BCUT2D eigenvalue weighted by molar-refractivity contribution is 5.94. The highest BCUT2D eigenvalue weighted by Crippen LogP contribution is 2.38. The predicted octanol–water partition coefficient (Wildman–Crippen LogP) is 2.86. The van der Waals surface area contributed by atoms with Crippen LogP contribution in [0.25, 0.3) is 0 Å². The minimum absolute atomic E-state index is 0.0750. The molecular formula is C28H32N6O2. The highest BCUT2D eigenvalue weighted by Gasteiger charge is 2.41. The third-order valence-corrected chi connectivity index (χ3v) is 7.20. The molecule has 0 unspecified atom stereocenters. The standard InChI is InChI=1S/C28H32N6O2/c29-26(30)19-6-8-20(9-7-19)28(36)33-22-14-23-11-12-24(15-22)34(23)25-13-10-21(17-31-25)27(35)32-16-18-4-2-1-3-5-18/h1-10,13,17,22-24,26H,11-12,14-16,29-30H2,(H,32,35)(H,33,36)/t22-,23+,24-. The van der Waals surface area contributed by atoms with Gasteiger partial charge in [0.1, 0.15) is 5.82 Å². The predicted molar refractivity (Wildman–Crippen MR) is 139 cm³/mol. The van der Waals surface area contributed by atoms with E-state index in [4.69, 9.17) is 11.5 Å². The first kappa shape index (κ1) is 24.0. The van der Waals surface area contributed by atoms with Crippen molar-refractivity contribution < 1.29 is 9.59 Å². The van der Waals surface area contributed by atoms with Gasteiger partial charge in [0.05, 0.1) is 11.7 Å². The summed E-state index contributed by atoms with van der Waals surface area (Å²) in [6.45, 7) is 0.482. The molecule has 2 aromatic carbocycles. The van der Waals surface area contributed by atoms with Crippen LogP contribution in [0.5, 0.6) is 0 Å². The largest absolute Gasteiger partial charge is 0.350 e. The molecule has 36 heavy (non-hydrogen) atoms. The lowest BCUT2D eigenvalue weighted by Gasteiger charge is -2.40. The van der Waals surface area contributed by atoms with Gasteiger partial charge in [-0.05, 0) is 61.1 Å². The van der Waals surface area contributed by atoms with E-state index in [9.17, 15) is 9.59 Å². The fraction of sp³-hybridized carbons (Fsp3) is 0.321. The molecule has 8 heteroatoms. The molecule has 1 aromatic heterocycles. The van der Waals surface area contributed by atoms with Crippen LogP contribution in [0.3, 0.4) is 0 Å². The number of pyridine rings is 1. The Kier molecular flexibility index (Phi) is 6.97. The molecule has 2 aliphatic rings. The first-order valence-electron chi connectivity index (χ1n) is 12.5. The number of nitrogens with zero attached hydrogens (tertiary/aromatic N) is 2. The Hall–Kier alpha value is -3.75. The van der Waals surface area contributed by atoms with Gasteiger partial charge in [0.15, 0.2) is 0 Å². The summed E-state index contributed by atoms with van der Waals surface area (Å²) >= 11 is 0. The maximum absolute atomic E-state index is 12.8. The molecule has 0 radical (unpaired) electrons. The maximum Gasteiger partial charge on any atom is 0.253 e. The van der Waals surface area contributed by atoms with E-state index in [0.29, 0.717) is 29.8 Å². The molecule has 8 nitrogen and oxygen atoms in total. The van der Waals surface area contributed by atoms with E-state index < -0.39 is 6.17 Å². The Bertz CT molecular complexity index is 1180. The van der Waals surface area contributed by atoms with Gasteiger partial charge < -0.3 is 27.0 Å². The minimum Gasteiger partial charge on any atom is -0.350 e. The van der Waals surface area contributed by atoms with Gasteiger partial charge in [0.2, 0.25) is 0 Å². The van der Waals surface area contributed by atoms with Gasteiger partial charge in [0, 0.05) is 36.4 Å². The number of carbonyl (C=O) groups is 2. The summed E-state index contributed by atoms with van der Waals surface area (Å²) in [6.07, 6.45) is 4.99. The van der Waals surface area contributed by atoms with Crippen molar-refractivity contribution in [3.63, 3.8) is 0 Å². The molecule has 0 saturated carbocycles. The summed E-state index contributed by atoms with van der Waals surface area (Å²) < 4.78 is 0. The van der Waals surface area contributed by atoms with Crippen molar-refractivity contribution in [1.29, 1.82) is 0 Å². The fourth-order valence-electron chi connectivity index (χ4n) is 5.35. The van der Waals surface area contributed by atoms with Crippen LogP contribution < -0.4 is 27.0 Å². The lowest BCUT2D eigenvalue weighted by molar-refractivity contribution is 0.0924. The number of hydrogen-bond donors (Lipinski definition) is 4. The minimum atomic E-state index is -0.548. The van der Waals surface area contributed by atoms with Crippen LogP contribution in [0.1, 0.15) is 63.7 Å². The Labute approximate surface area is 211 Å². The molecule has 2 amide bonds. The zero-order chi connectivity index (χ0) is 25.1. The summed E-state index contributed by atoms with van der Waals surface area (Å²) in [4.78, 5) is 32.3. The van der Waals surface area contributed by atoms with Crippen molar-refractivity contribution in [2.24, 2.45) is 11.5 Å². The second kappa shape index (κ2) is 10.5. The summed E-state index contributed by atoms with van der Waals surface area (Å²) in [5.74, 6) is 0.679. The van der Waals surface area contributed by atoms with Crippen LogP contribution in [0.4, 0.5) is 5.82 Å². The molecule has 2 aliphatic heterocycles. The van der Waals surface area contributed by atoms with Gasteiger partial charge in [-0.2, -0.15) is 0 Å². The zero-order valence-electron chi connectivity index (χ0n) is 20.1. The second-order valence-electron chi connectivity index (χ2n) is 9.66. The fourth-order valence-corrected chi connectivity index (χ4v) is 5.35. The third-order valence-electron chi connectivity index (χ3n) is 7.20. The normalized spacial score (nSPS) is 20.9. The monoisotopic (exact) mass is 484 g/mol. The van der Waals surface area contributed by atoms with Crippen LogP contribution in [0.15, 0.2) is 72.9 Å². The number of benzene rings is 2. The highest BCUT2D eigenvalue weighted by atomic mass is 16.2. The lowest BCUT2D eigenvalue weighted by atomic mass is 9.96. The van der Waals surface area contributed by atoms with Gasteiger partial charge in [-0.3, -0.25) is 9.59 Å². The van der Waals surface area contributed by atoms with Gasteiger partial charge in [-0.25, -0.2) is 4.98 Å². The molecule has 186 valence electrons. The van der Waals surface area contributed by atoms with Crippen molar-refractivity contribution in [3.05, 3.63) is 95.2 Å². The smallest absolute Gasteiger partial charge is 0.253 e. The number of amides is 2. The van der Waals surface area contributed by atoms with E-state index in [0.717, 1.165) is 42.6 Å². The summed E-state index contributed by atoms with van der Waals surface area (Å²) in [6, 6.07) is 21.5. The van der Waals surface area contributed by atoms with Crippen LogP contribution in [-0.4, -0.2) is 34.9 Å². The summed E-state index contributed by atoms with van der Waals surface area (Å²) in [5, 5.41) is 6.15. The maximum atomic E-state index is 12.8. The first-order chi connectivity index (χ1) is 17.5. The number of aromatic nitrogens is 1. The molecule has 0 aliphatic carbocycles. The Balaban J connectivity index is 1.17. The van der Waals surface area contributed by atoms with E-state index in [2.05, 4.69) is 20.5 Å². The van der Waals surface area contributed by atoms with E-state index in [1.54, 1.807) is 30.5 Å². The van der Waals surface area contributed by atoms with Crippen molar-refractivity contribution >= 4 is 17.6 Å². The quantitative estimate of drug-likeness (QED) is 0.382. The molecule has 2 saturated heterocycles. The van der Waals surface area contributed by atoms with Crippen LogP contribution >= 0.6 is 0 Å². The molecule has 3 atom stereocenters. The van der Waals surface area contributed by atoms with Crippen molar-refractivity contribution in [2.75, 3.05) is 4.90 Å². The number of piperidine rings is 1. The van der Waals surface area contributed by atoms with Crippen LogP contribution in [-0.2, 0) is 6.54 Å². The zero-order valence-corrected chi connectivity index (χ0v) is 20.1.